The number of carbonyl (C=O) groups excluding carboxylic acids is 1. The highest BCUT2D eigenvalue weighted by atomic mass is 16.2. The molecule has 1 amide bonds. The molecule has 2 aromatic heterocycles. The molecule has 1 aliphatic carbocycles. The fourth-order valence-corrected chi connectivity index (χ4v) is 3.57. The molecule has 7 heteroatoms. The maximum atomic E-state index is 12.6. The van der Waals surface area contributed by atoms with E-state index in [1.807, 2.05) is 30.3 Å². The van der Waals surface area contributed by atoms with Crippen LogP contribution in [0.5, 0.6) is 0 Å². The quantitative estimate of drug-likeness (QED) is 0.766. The highest BCUT2D eigenvalue weighted by Crippen LogP contribution is 2.28. The van der Waals surface area contributed by atoms with Gasteiger partial charge in [-0.3, -0.25) is 15.0 Å². The summed E-state index contributed by atoms with van der Waals surface area (Å²) >= 11 is 0. The number of fused-ring (bicyclic) bond motifs is 1. The van der Waals surface area contributed by atoms with Crippen molar-refractivity contribution in [1.82, 2.24) is 19.4 Å². The average Bonchev–Trinajstić information content (AvgIpc) is 3.33. The molecule has 0 saturated heterocycles. The molecule has 0 radical (unpaired) electrons. The lowest BCUT2D eigenvalue weighted by Gasteiger charge is -2.10. The van der Waals surface area contributed by atoms with Crippen molar-refractivity contribution in [3.05, 3.63) is 53.2 Å². The summed E-state index contributed by atoms with van der Waals surface area (Å²) in [7, 11) is 0. The molecule has 0 bridgehead atoms. The normalized spacial score (nSPS) is 14.8. The van der Waals surface area contributed by atoms with Gasteiger partial charge in [-0.05, 0) is 24.5 Å². The first kappa shape index (κ1) is 16.5. The summed E-state index contributed by atoms with van der Waals surface area (Å²) in [5.41, 5.74) is 3.61. The van der Waals surface area contributed by atoms with Gasteiger partial charge in [0.2, 0.25) is 5.91 Å². The van der Waals surface area contributed by atoms with Crippen molar-refractivity contribution >= 4 is 16.9 Å². The topological polar surface area (TPSA) is 81.8 Å². The zero-order chi connectivity index (χ0) is 17.9. The zero-order valence-corrected chi connectivity index (χ0v) is 14.5. The van der Waals surface area contributed by atoms with Crippen molar-refractivity contribution < 1.29 is 4.79 Å². The number of nitrogens with zero attached hydrogens (tertiary/aromatic N) is 4. The van der Waals surface area contributed by atoms with Crippen LogP contribution in [0.25, 0.3) is 16.7 Å². The van der Waals surface area contributed by atoms with Crippen molar-refractivity contribution in [1.29, 1.82) is 0 Å². The van der Waals surface area contributed by atoms with Gasteiger partial charge in [-0.2, -0.15) is 5.10 Å². The number of hydrogen-bond donors (Lipinski definition) is 1. The first-order chi connectivity index (χ1) is 12.7. The molecule has 0 aliphatic heterocycles. The van der Waals surface area contributed by atoms with Crippen LogP contribution in [0.1, 0.15) is 38.5 Å². The molecule has 4 rings (SSSR count). The van der Waals surface area contributed by atoms with E-state index in [-0.39, 0.29) is 11.5 Å². The van der Waals surface area contributed by atoms with Crippen LogP contribution < -0.4 is 11.0 Å². The van der Waals surface area contributed by atoms with E-state index < -0.39 is 0 Å². The van der Waals surface area contributed by atoms with Gasteiger partial charge in [0.25, 0.3) is 5.56 Å². The predicted molar refractivity (Wildman–Crippen MR) is 98.7 cm³/mol. The fraction of sp³-hybridized carbons (Fsp3) is 0.368. The SMILES string of the molecule is O=C(CCC1CCCC1)Nn1cnc2c(cnn2-c2ccccc2)c1=O. The lowest BCUT2D eigenvalue weighted by atomic mass is 10.0. The Kier molecular flexibility index (Phi) is 4.51. The molecule has 2 heterocycles. The first-order valence-electron chi connectivity index (χ1n) is 9.03. The van der Waals surface area contributed by atoms with Crippen molar-refractivity contribution in [2.45, 2.75) is 38.5 Å². The number of amides is 1. The summed E-state index contributed by atoms with van der Waals surface area (Å²) < 4.78 is 2.76. The first-order valence-corrected chi connectivity index (χ1v) is 9.03. The van der Waals surface area contributed by atoms with Crippen LogP contribution in [0.15, 0.2) is 47.7 Å². The number of hydrogen-bond acceptors (Lipinski definition) is 4. The second-order valence-corrected chi connectivity index (χ2v) is 6.77. The van der Waals surface area contributed by atoms with Crippen molar-refractivity contribution in [3.8, 4) is 5.69 Å². The minimum atomic E-state index is -0.327. The molecule has 3 aromatic rings. The Hall–Kier alpha value is -2.96. The van der Waals surface area contributed by atoms with Gasteiger partial charge in [-0.15, -0.1) is 0 Å². The lowest BCUT2D eigenvalue weighted by Crippen LogP contribution is -2.33. The van der Waals surface area contributed by atoms with Crippen LogP contribution in [0.2, 0.25) is 0 Å². The van der Waals surface area contributed by atoms with Gasteiger partial charge in [-0.1, -0.05) is 43.9 Å². The molecule has 0 spiro atoms. The Morgan fingerprint density at radius 1 is 1.19 bits per heavy atom. The minimum Gasteiger partial charge on any atom is -0.273 e. The van der Waals surface area contributed by atoms with E-state index in [4.69, 9.17) is 0 Å². The summed E-state index contributed by atoms with van der Waals surface area (Å²) in [5.74, 6) is 0.484. The molecular formula is C19H21N5O2. The number of aromatic nitrogens is 4. The van der Waals surface area contributed by atoms with Gasteiger partial charge in [0, 0.05) is 6.42 Å². The van der Waals surface area contributed by atoms with Gasteiger partial charge < -0.3 is 0 Å². The number of benzene rings is 1. The van der Waals surface area contributed by atoms with E-state index in [9.17, 15) is 9.59 Å². The van der Waals surface area contributed by atoms with E-state index >= 15 is 0 Å². The van der Waals surface area contributed by atoms with Crippen molar-refractivity contribution in [2.75, 3.05) is 5.43 Å². The van der Waals surface area contributed by atoms with E-state index in [0.29, 0.717) is 23.4 Å². The van der Waals surface area contributed by atoms with Crippen LogP contribution in [0, 0.1) is 5.92 Å². The van der Waals surface area contributed by atoms with Crippen LogP contribution in [0.4, 0.5) is 0 Å². The molecule has 1 N–H and O–H groups in total. The smallest absolute Gasteiger partial charge is 0.273 e. The molecule has 1 aromatic carbocycles. The Morgan fingerprint density at radius 2 is 1.96 bits per heavy atom. The van der Waals surface area contributed by atoms with Crippen molar-refractivity contribution in [2.24, 2.45) is 5.92 Å². The highest BCUT2D eigenvalue weighted by Gasteiger charge is 2.17. The molecular weight excluding hydrogens is 330 g/mol. The monoisotopic (exact) mass is 351 g/mol. The lowest BCUT2D eigenvalue weighted by molar-refractivity contribution is -0.117. The molecule has 0 unspecified atom stereocenters. The Labute approximate surface area is 150 Å². The summed E-state index contributed by atoms with van der Waals surface area (Å²) in [6.07, 6.45) is 9.08. The van der Waals surface area contributed by atoms with Crippen molar-refractivity contribution in [3.63, 3.8) is 0 Å². The molecule has 0 atom stereocenters. The van der Waals surface area contributed by atoms with Gasteiger partial charge >= 0.3 is 0 Å². The van der Waals surface area contributed by atoms with Crippen LogP contribution in [0.3, 0.4) is 0 Å². The van der Waals surface area contributed by atoms with E-state index in [0.717, 1.165) is 16.8 Å². The molecule has 134 valence electrons. The standard InChI is InChI=1S/C19H21N5O2/c25-17(11-10-14-6-4-5-7-14)22-23-13-20-18-16(19(23)26)12-21-24(18)15-8-2-1-3-9-15/h1-3,8-9,12-14H,4-7,10-11H2,(H,22,25). The third-order valence-electron chi connectivity index (χ3n) is 4.99. The number of rotatable bonds is 5. The largest absolute Gasteiger partial charge is 0.283 e. The Bertz CT molecular complexity index is 971. The van der Waals surface area contributed by atoms with E-state index in [1.54, 1.807) is 4.68 Å². The molecule has 1 aliphatic rings. The predicted octanol–water partition coefficient (Wildman–Crippen LogP) is 2.62. The van der Waals surface area contributed by atoms with Gasteiger partial charge in [0.1, 0.15) is 11.7 Å². The summed E-state index contributed by atoms with van der Waals surface area (Å²) in [6.45, 7) is 0. The van der Waals surface area contributed by atoms with Gasteiger partial charge in [0.05, 0.1) is 11.9 Å². The summed E-state index contributed by atoms with van der Waals surface area (Å²) in [6, 6.07) is 9.49. The molecule has 1 saturated carbocycles. The van der Waals surface area contributed by atoms with Gasteiger partial charge in [-0.25, -0.2) is 14.3 Å². The number of carbonyl (C=O) groups is 1. The van der Waals surface area contributed by atoms with Crippen LogP contribution in [-0.2, 0) is 4.79 Å². The zero-order valence-electron chi connectivity index (χ0n) is 14.5. The average molecular weight is 351 g/mol. The Balaban J connectivity index is 1.53. The highest BCUT2D eigenvalue weighted by molar-refractivity contribution is 5.84. The molecule has 1 fully saturated rings. The van der Waals surface area contributed by atoms with Crippen LogP contribution >= 0.6 is 0 Å². The fourth-order valence-electron chi connectivity index (χ4n) is 3.57. The maximum absolute atomic E-state index is 12.6. The van der Waals surface area contributed by atoms with E-state index in [1.165, 1.54) is 38.2 Å². The maximum Gasteiger partial charge on any atom is 0.283 e. The third kappa shape index (κ3) is 3.24. The summed E-state index contributed by atoms with van der Waals surface area (Å²) in [5, 5.41) is 4.63. The molecule has 7 nitrogen and oxygen atoms in total. The minimum absolute atomic E-state index is 0.157. The summed E-state index contributed by atoms with van der Waals surface area (Å²) in [4.78, 5) is 29.1. The Morgan fingerprint density at radius 3 is 2.73 bits per heavy atom. The second-order valence-electron chi connectivity index (χ2n) is 6.77. The number of nitrogens with one attached hydrogen (secondary N) is 1. The molecule has 26 heavy (non-hydrogen) atoms. The third-order valence-corrected chi connectivity index (χ3v) is 4.99. The second kappa shape index (κ2) is 7.11. The van der Waals surface area contributed by atoms with Gasteiger partial charge in [0.15, 0.2) is 5.65 Å². The van der Waals surface area contributed by atoms with Crippen LogP contribution in [-0.4, -0.2) is 25.3 Å². The number of para-hydroxylation sites is 1. The van der Waals surface area contributed by atoms with E-state index in [2.05, 4.69) is 15.5 Å².